The second-order valence-corrected chi connectivity index (χ2v) is 19.2. The minimum Gasteiger partial charge on any atom is -0.509 e. The molecule has 8 aromatic carbocycles. The van der Waals surface area contributed by atoms with Crippen LogP contribution in [0, 0.1) is 18.8 Å². The van der Waals surface area contributed by atoms with E-state index < -0.39 is 5.41 Å². The third-order valence-corrected chi connectivity index (χ3v) is 12.5. The average Bonchev–Trinajstić information content (AvgIpc) is 3.90. The van der Waals surface area contributed by atoms with Gasteiger partial charge in [0.25, 0.3) is 0 Å². The van der Waals surface area contributed by atoms with Gasteiger partial charge in [-0.2, -0.15) is 12.1 Å². The number of pyridine rings is 1. The first-order valence-corrected chi connectivity index (χ1v) is 22.8. The maximum absolute atomic E-state index is 9.36. The summed E-state index contributed by atoms with van der Waals surface area (Å²) in [6.45, 7) is 14.9. The van der Waals surface area contributed by atoms with E-state index >= 15 is 0 Å². The predicted molar refractivity (Wildman–Crippen MR) is 278 cm³/mol. The van der Waals surface area contributed by atoms with E-state index in [1.54, 1.807) is 0 Å². The van der Waals surface area contributed by atoms with Gasteiger partial charge in [-0.25, -0.2) is 4.98 Å². The van der Waals surface area contributed by atoms with E-state index in [-0.39, 0.29) is 50.6 Å². The zero-order chi connectivity index (χ0) is 48.5. The molecular formula is C62H51N4OPt-3. The van der Waals surface area contributed by atoms with Crippen molar-refractivity contribution in [2.75, 3.05) is 9.80 Å². The molecule has 0 radical (unpaired) electrons. The van der Waals surface area contributed by atoms with Gasteiger partial charge in [0, 0.05) is 72.4 Å². The maximum Gasteiger partial charge on any atom is 0.135 e. The zero-order valence-corrected chi connectivity index (χ0v) is 41.1. The van der Waals surface area contributed by atoms with Gasteiger partial charge < -0.3 is 19.1 Å². The van der Waals surface area contributed by atoms with E-state index in [2.05, 4.69) is 176 Å². The van der Waals surface area contributed by atoms with Crippen LogP contribution in [-0.4, -0.2) is 9.55 Å². The fourth-order valence-corrected chi connectivity index (χ4v) is 9.06. The molecule has 0 bridgehead atoms. The molecule has 0 N–H and O–H groups in total. The SMILES string of the molecule is [2H]c1nc(-n2c3[c-]c(Oc4[c-]c(N5[CH-]N(c6c(-c7ccccc7)cc(C(C)(C)C)cc6-c6cccc(-c7ccccc7)c6)c6ccccc65)ccc4)ccc3c3ccccc32)c([2H])c(C(C)(C)C)c1[2H].[Pt]. The van der Waals surface area contributed by atoms with Crippen LogP contribution in [0.3, 0.4) is 0 Å². The van der Waals surface area contributed by atoms with E-state index in [1.807, 2.05) is 79.9 Å². The first-order chi connectivity index (χ1) is 33.7. The van der Waals surface area contributed by atoms with Crippen molar-refractivity contribution in [2.45, 2.75) is 52.4 Å². The summed E-state index contributed by atoms with van der Waals surface area (Å²) in [5.74, 6) is 1.23. The van der Waals surface area contributed by atoms with Crippen LogP contribution in [0.25, 0.3) is 61.0 Å². The number of aromatic nitrogens is 2. The van der Waals surface area contributed by atoms with Crippen molar-refractivity contribution in [3.63, 3.8) is 0 Å². The minimum absolute atomic E-state index is 0. The number of hydrogen-bond donors (Lipinski definition) is 0. The normalized spacial score (nSPS) is 13.2. The molecule has 1 aliphatic rings. The molecule has 6 heteroatoms. The summed E-state index contributed by atoms with van der Waals surface area (Å²) < 4.78 is 35.3. The third-order valence-electron chi connectivity index (χ3n) is 12.5. The Labute approximate surface area is 418 Å². The van der Waals surface area contributed by atoms with Crippen molar-refractivity contribution in [1.82, 2.24) is 9.55 Å². The molecule has 0 unspecified atom stereocenters. The number of anilines is 4. The van der Waals surface area contributed by atoms with Gasteiger partial charge in [-0.15, -0.1) is 48.1 Å². The van der Waals surface area contributed by atoms with E-state index in [4.69, 9.17) is 7.48 Å². The molecule has 5 nitrogen and oxygen atoms in total. The fourth-order valence-electron chi connectivity index (χ4n) is 9.06. The topological polar surface area (TPSA) is 33.5 Å². The number of hydrogen-bond acceptors (Lipinski definition) is 4. The van der Waals surface area contributed by atoms with Gasteiger partial charge in [0.2, 0.25) is 0 Å². The standard InChI is InChI=1S/C62H51N4O.Pt/c1-61(2,3)46-33-34-63-59(38-46)66-55-28-14-13-27-51(55)52-32-31-50(40-58(52)66)67-49-26-18-25-48(39-49)64-41-65(57-30-16-15-29-56(57)64)60-53(43-21-11-8-12-22-43)36-47(62(4,5)6)37-54(60)45-24-17-23-44(35-45)42-19-9-7-10-20-42;/h7-38,41H,1-6H3;/q-3;/i33D,34D,38D;. The summed E-state index contributed by atoms with van der Waals surface area (Å²) in [4.78, 5) is 9.05. The van der Waals surface area contributed by atoms with E-state index in [0.717, 1.165) is 66.9 Å². The smallest absolute Gasteiger partial charge is 0.135 e. The van der Waals surface area contributed by atoms with Gasteiger partial charge in [0.15, 0.2) is 0 Å². The first-order valence-electron chi connectivity index (χ1n) is 24.3. The summed E-state index contributed by atoms with van der Waals surface area (Å²) in [5.41, 5.74) is 13.2. The Morgan fingerprint density at radius 3 is 1.88 bits per heavy atom. The number of rotatable bonds is 8. The molecule has 338 valence electrons. The molecule has 1 aliphatic heterocycles. The largest absolute Gasteiger partial charge is 0.509 e. The van der Waals surface area contributed by atoms with Crippen LogP contribution in [0.2, 0.25) is 0 Å². The maximum atomic E-state index is 9.36. The molecule has 0 saturated carbocycles. The number of fused-ring (bicyclic) bond motifs is 4. The van der Waals surface area contributed by atoms with Crippen molar-refractivity contribution >= 4 is 44.6 Å². The quantitative estimate of drug-likeness (QED) is 0.142. The summed E-state index contributed by atoms with van der Waals surface area (Å²) in [5, 5.41) is 1.86. The number of para-hydroxylation sites is 3. The summed E-state index contributed by atoms with van der Waals surface area (Å²) in [6, 6.07) is 68.3. The van der Waals surface area contributed by atoms with Crippen molar-refractivity contribution in [2.24, 2.45) is 0 Å². The van der Waals surface area contributed by atoms with Gasteiger partial charge in [0.05, 0.1) is 4.11 Å². The molecule has 0 atom stereocenters. The second kappa shape index (κ2) is 17.8. The van der Waals surface area contributed by atoms with Crippen LogP contribution < -0.4 is 14.5 Å². The predicted octanol–water partition coefficient (Wildman–Crippen LogP) is 16.6. The Bertz CT molecular complexity index is 3640. The molecule has 2 aromatic heterocycles. The Kier molecular flexibility index (Phi) is 10.7. The van der Waals surface area contributed by atoms with Gasteiger partial charge in [-0.05, 0) is 98.1 Å². The number of benzene rings is 8. The Balaban J connectivity index is 0.00000582. The van der Waals surface area contributed by atoms with E-state index in [1.165, 1.54) is 11.1 Å². The zero-order valence-electron chi connectivity index (χ0n) is 41.8. The van der Waals surface area contributed by atoms with Crippen LogP contribution in [0.5, 0.6) is 11.5 Å². The van der Waals surface area contributed by atoms with Gasteiger partial charge in [0.1, 0.15) is 5.82 Å². The molecule has 68 heavy (non-hydrogen) atoms. The fraction of sp³-hybridized carbons (Fsp3) is 0.129. The number of nitrogens with zero attached hydrogens (tertiary/aromatic N) is 4. The van der Waals surface area contributed by atoms with Crippen LogP contribution >= 0.6 is 0 Å². The first kappa shape index (κ1) is 41.0. The van der Waals surface area contributed by atoms with Gasteiger partial charge in [-0.3, -0.25) is 0 Å². The van der Waals surface area contributed by atoms with Crippen molar-refractivity contribution in [3.8, 4) is 50.7 Å². The van der Waals surface area contributed by atoms with Crippen molar-refractivity contribution < 1.29 is 29.9 Å². The molecule has 0 saturated heterocycles. The molecule has 3 heterocycles. The van der Waals surface area contributed by atoms with E-state index in [9.17, 15) is 1.37 Å². The Morgan fingerprint density at radius 2 is 1.15 bits per heavy atom. The molecule has 0 spiro atoms. The average molecular weight is 1070 g/mol. The summed E-state index contributed by atoms with van der Waals surface area (Å²) in [6.07, 6.45) is -0.175. The minimum atomic E-state index is -0.554. The molecule has 0 fully saturated rings. The van der Waals surface area contributed by atoms with Crippen molar-refractivity contribution in [1.29, 1.82) is 0 Å². The Hall–Kier alpha value is -7.20. The van der Waals surface area contributed by atoms with Crippen LogP contribution in [0.4, 0.5) is 22.7 Å². The molecule has 0 aliphatic carbocycles. The van der Waals surface area contributed by atoms with Crippen LogP contribution in [0.1, 0.15) is 56.8 Å². The van der Waals surface area contributed by atoms with Gasteiger partial charge >= 0.3 is 0 Å². The van der Waals surface area contributed by atoms with Crippen LogP contribution in [0.15, 0.2) is 194 Å². The van der Waals surface area contributed by atoms with Gasteiger partial charge in [-0.1, -0.05) is 156 Å². The molecule has 0 amide bonds. The molecule has 11 rings (SSSR count). The number of ether oxygens (including phenoxy) is 1. The summed E-state index contributed by atoms with van der Waals surface area (Å²) >= 11 is 0. The van der Waals surface area contributed by atoms with E-state index in [0.29, 0.717) is 22.6 Å². The summed E-state index contributed by atoms with van der Waals surface area (Å²) in [7, 11) is 0. The van der Waals surface area contributed by atoms with Crippen LogP contribution in [-0.2, 0) is 31.9 Å². The second-order valence-electron chi connectivity index (χ2n) is 19.2. The third kappa shape index (κ3) is 8.30. The molecule has 10 aromatic rings. The monoisotopic (exact) mass is 1070 g/mol. The van der Waals surface area contributed by atoms with Crippen molar-refractivity contribution in [3.05, 3.63) is 224 Å². The Morgan fingerprint density at radius 1 is 0.544 bits per heavy atom. The molecular weight excluding hydrogens is 1010 g/mol.